The van der Waals surface area contributed by atoms with Gasteiger partial charge in [0.05, 0.1) is 0 Å². The lowest BCUT2D eigenvalue weighted by Gasteiger charge is -2.48. The van der Waals surface area contributed by atoms with Gasteiger partial charge in [0.1, 0.15) is 0 Å². The minimum absolute atomic E-state index is 0.255. The van der Waals surface area contributed by atoms with Crippen LogP contribution in [-0.2, 0) is 0 Å². The second-order valence-electron chi connectivity index (χ2n) is 7.39. The fourth-order valence-electron chi connectivity index (χ4n) is 3.03. The zero-order valence-electron chi connectivity index (χ0n) is 12.8. The molecule has 0 aromatic rings. The standard InChI is InChI=1S/C15H31N/c1-11(2)12(3)16(10)13(14(4,5)6)15(7,8)9/h11,13H,3H2,1-2,4-10H3. The summed E-state index contributed by atoms with van der Waals surface area (Å²) in [7, 11) is 2.18. The molecule has 0 bridgehead atoms. The third-order valence-electron chi connectivity index (χ3n) is 3.15. The van der Waals surface area contributed by atoms with Crippen molar-refractivity contribution < 1.29 is 0 Å². The fourth-order valence-corrected chi connectivity index (χ4v) is 3.03. The van der Waals surface area contributed by atoms with Gasteiger partial charge >= 0.3 is 0 Å². The highest BCUT2D eigenvalue weighted by Crippen LogP contribution is 2.39. The van der Waals surface area contributed by atoms with E-state index >= 15 is 0 Å². The van der Waals surface area contributed by atoms with Crippen LogP contribution in [-0.4, -0.2) is 18.0 Å². The Hall–Kier alpha value is -0.460. The molecule has 0 aliphatic carbocycles. The quantitative estimate of drug-likeness (QED) is 0.681. The highest BCUT2D eigenvalue weighted by Gasteiger charge is 2.38. The van der Waals surface area contributed by atoms with Crippen molar-refractivity contribution in [3.05, 3.63) is 12.3 Å². The monoisotopic (exact) mass is 225 g/mol. The molecule has 0 radical (unpaired) electrons. The van der Waals surface area contributed by atoms with E-state index in [0.29, 0.717) is 12.0 Å². The van der Waals surface area contributed by atoms with Crippen LogP contribution in [0.1, 0.15) is 55.4 Å². The normalized spacial score (nSPS) is 13.4. The highest BCUT2D eigenvalue weighted by molar-refractivity contribution is 5.03. The number of rotatable bonds is 3. The van der Waals surface area contributed by atoms with Crippen molar-refractivity contribution in [3.63, 3.8) is 0 Å². The Labute approximate surface area is 103 Å². The Morgan fingerprint density at radius 3 is 1.44 bits per heavy atom. The van der Waals surface area contributed by atoms with Gasteiger partial charge in [-0.05, 0) is 16.7 Å². The largest absolute Gasteiger partial charge is 0.374 e. The van der Waals surface area contributed by atoms with Crippen molar-refractivity contribution in [1.29, 1.82) is 0 Å². The summed E-state index contributed by atoms with van der Waals surface area (Å²) < 4.78 is 0. The molecule has 0 N–H and O–H groups in total. The van der Waals surface area contributed by atoms with E-state index in [4.69, 9.17) is 0 Å². The van der Waals surface area contributed by atoms with Crippen LogP contribution >= 0.6 is 0 Å². The van der Waals surface area contributed by atoms with Crippen LogP contribution in [0.25, 0.3) is 0 Å². The number of hydrogen-bond donors (Lipinski definition) is 0. The fraction of sp³-hybridized carbons (Fsp3) is 0.867. The van der Waals surface area contributed by atoms with Crippen LogP contribution in [0.15, 0.2) is 12.3 Å². The van der Waals surface area contributed by atoms with E-state index in [2.05, 4.69) is 73.9 Å². The zero-order valence-corrected chi connectivity index (χ0v) is 12.8. The lowest BCUT2D eigenvalue weighted by atomic mass is 9.71. The SMILES string of the molecule is C=C(C(C)C)N(C)C(C(C)(C)C)C(C)(C)C. The lowest BCUT2D eigenvalue weighted by Crippen LogP contribution is -2.50. The first kappa shape index (κ1) is 15.5. The van der Waals surface area contributed by atoms with E-state index in [-0.39, 0.29) is 10.8 Å². The average Bonchev–Trinajstić information content (AvgIpc) is 1.96. The summed E-state index contributed by atoms with van der Waals surface area (Å²) in [6.45, 7) is 22.5. The molecule has 0 rings (SSSR count). The van der Waals surface area contributed by atoms with Gasteiger partial charge in [-0.1, -0.05) is 62.0 Å². The van der Waals surface area contributed by atoms with Gasteiger partial charge in [-0.3, -0.25) is 0 Å². The van der Waals surface area contributed by atoms with Crippen LogP contribution in [0.2, 0.25) is 0 Å². The van der Waals surface area contributed by atoms with Crippen molar-refractivity contribution in [2.24, 2.45) is 16.7 Å². The smallest absolute Gasteiger partial charge is 0.0380 e. The molecule has 0 aliphatic rings. The maximum Gasteiger partial charge on any atom is 0.0380 e. The van der Waals surface area contributed by atoms with Crippen molar-refractivity contribution in [2.75, 3.05) is 7.05 Å². The highest BCUT2D eigenvalue weighted by atomic mass is 15.2. The predicted molar refractivity (Wildman–Crippen MR) is 74.4 cm³/mol. The molecule has 0 unspecified atom stereocenters. The van der Waals surface area contributed by atoms with E-state index in [1.807, 2.05) is 0 Å². The maximum absolute atomic E-state index is 4.23. The molecule has 0 aromatic heterocycles. The molecule has 0 saturated heterocycles. The molecule has 1 nitrogen and oxygen atoms in total. The molecule has 0 amide bonds. The molecule has 0 fully saturated rings. The Morgan fingerprint density at radius 1 is 0.938 bits per heavy atom. The lowest BCUT2D eigenvalue weighted by molar-refractivity contribution is 0.0518. The van der Waals surface area contributed by atoms with Gasteiger partial charge in [-0.15, -0.1) is 0 Å². The molecule has 1 heteroatoms. The Morgan fingerprint density at radius 2 is 1.25 bits per heavy atom. The van der Waals surface area contributed by atoms with Gasteiger partial charge in [0, 0.05) is 18.8 Å². The van der Waals surface area contributed by atoms with Crippen molar-refractivity contribution in [3.8, 4) is 0 Å². The van der Waals surface area contributed by atoms with Crippen molar-refractivity contribution in [2.45, 2.75) is 61.4 Å². The number of nitrogens with zero attached hydrogens (tertiary/aromatic N) is 1. The second-order valence-corrected chi connectivity index (χ2v) is 7.39. The Bertz CT molecular complexity index is 223. The Balaban J connectivity index is 5.16. The molecule has 0 heterocycles. The van der Waals surface area contributed by atoms with Gasteiger partial charge in [0.25, 0.3) is 0 Å². The first-order valence-corrected chi connectivity index (χ1v) is 6.30. The number of allylic oxidation sites excluding steroid dienone is 1. The third kappa shape index (κ3) is 3.84. The molecule has 96 valence electrons. The van der Waals surface area contributed by atoms with Gasteiger partial charge in [0.15, 0.2) is 0 Å². The predicted octanol–water partition coefficient (Wildman–Crippen LogP) is 4.55. The summed E-state index contributed by atoms with van der Waals surface area (Å²) in [5, 5.41) is 0. The van der Waals surface area contributed by atoms with Gasteiger partial charge in [-0.25, -0.2) is 0 Å². The molecule has 0 spiro atoms. The molecule has 0 aliphatic heterocycles. The maximum atomic E-state index is 4.23. The van der Waals surface area contributed by atoms with Crippen LogP contribution in [0.3, 0.4) is 0 Å². The second kappa shape index (κ2) is 4.81. The first-order chi connectivity index (χ1) is 6.89. The minimum atomic E-state index is 0.255. The molecule has 16 heavy (non-hydrogen) atoms. The summed E-state index contributed by atoms with van der Waals surface area (Å²) in [6, 6.07) is 0.495. The van der Waals surface area contributed by atoms with Crippen molar-refractivity contribution >= 4 is 0 Å². The van der Waals surface area contributed by atoms with E-state index in [1.165, 1.54) is 5.70 Å². The van der Waals surface area contributed by atoms with Gasteiger partial charge in [-0.2, -0.15) is 0 Å². The molecule has 0 saturated carbocycles. The summed E-state index contributed by atoms with van der Waals surface area (Å²) in [5.74, 6) is 0.511. The molecule has 0 aromatic carbocycles. The van der Waals surface area contributed by atoms with Crippen LogP contribution in [0, 0.1) is 16.7 Å². The van der Waals surface area contributed by atoms with Crippen molar-refractivity contribution in [1.82, 2.24) is 4.90 Å². The molecular weight excluding hydrogens is 194 g/mol. The summed E-state index contributed by atoms with van der Waals surface area (Å²) in [6.07, 6.45) is 0. The van der Waals surface area contributed by atoms with Gasteiger partial charge in [0.2, 0.25) is 0 Å². The van der Waals surface area contributed by atoms with E-state index in [1.54, 1.807) is 0 Å². The first-order valence-electron chi connectivity index (χ1n) is 6.30. The van der Waals surface area contributed by atoms with Crippen LogP contribution in [0.5, 0.6) is 0 Å². The molecular formula is C15H31N. The summed E-state index contributed by atoms with van der Waals surface area (Å²) >= 11 is 0. The molecule has 0 atom stereocenters. The van der Waals surface area contributed by atoms with E-state index < -0.39 is 0 Å². The number of hydrogen-bond acceptors (Lipinski definition) is 1. The van der Waals surface area contributed by atoms with Crippen LogP contribution < -0.4 is 0 Å². The third-order valence-corrected chi connectivity index (χ3v) is 3.15. The van der Waals surface area contributed by atoms with E-state index in [0.717, 1.165) is 0 Å². The summed E-state index contributed by atoms with van der Waals surface area (Å²) in [5.41, 5.74) is 1.74. The topological polar surface area (TPSA) is 3.24 Å². The van der Waals surface area contributed by atoms with Crippen LogP contribution in [0.4, 0.5) is 0 Å². The zero-order chi connectivity index (χ0) is 13.3. The average molecular weight is 225 g/mol. The Kier molecular flexibility index (Phi) is 4.67. The minimum Gasteiger partial charge on any atom is -0.374 e. The van der Waals surface area contributed by atoms with Gasteiger partial charge < -0.3 is 4.90 Å². The summed E-state index contributed by atoms with van der Waals surface area (Å²) in [4.78, 5) is 2.38. The van der Waals surface area contributed by atoms with E-state index in [9.17, 15) is 0 Å².